The van der Waals surface area contributed by atoms with Crippen LogP contribution in [0, 0.1) is 5.82 Å². The number of rotatable bonds is 4. The predicted molar refractivity (Wildman–Crippen MR) is 63.8 cm³/mol. The SMILES string of the molecule is NS(=O)(=O)c1cc(Br)cc(C(=O)NCC(F)F)c1F. The number of benzene rings is 1. The van der Waals surface area contributed by atoms with Crippen molar-refractivity contribution < 1.29 is 26.4 Å². The van der Waals surface area contributed by atoms with Crippen molar-refractivity contribution in [1.29, 1.82) is 0 Å². The van der Waals surface area contributed by atoms with E-state index in [1.54, 1.807) is 5.32 Å². The lowest BCUT2D eigenvalue weighted by Gasteiger charge is -2.09. The van der Waals surface area contributed by atoms with E-state index in [0.29, 0.717) is 0 Å². The molecule has 0 unspecified atom stereocenters. The summed E-state index contributed by atoms with van der Waals surface area (Å²) in [5.41, 5.74) is -0.695. The first-order valence-corrected chi connectivity index (χ1v) is 7.05. The molecular formula is C9H8BrF3N2O3S. The summed E-state index contributed by atoms with van der Waals surface area (Å²) in [6.07, 6.45) is -2.81. The molecule has 1 aromatic rings. The van der Waals surface area contributed by atoms with Gasteiger partial charge >= 0.3 is 0 Å². The molecule has 0 aromatic heterocycles. The topological polar surface area (TPSA) is 89.3 Å². The van der Waals surface area contributed by atoms with Gasteiger partial charge in [0, 0.05) is 4.47 Å². The first kappa shape index (κ1) is 15.9. The Morgan fingerprint density at radius 2 is 2.00 bits per heavy atom. The second-order valence-electron chi connectivity index (χ2n) is 3.41. The van der Waals surface area contributed by atoms with Crippen molar-refractivity contribution in [3.05, 3.63) is 28.0 Å². The second-order valence-corrected chi connectivity index (χ2v) is 5.86. The number of sulfonamides is 1. The molecule has 1 amide bonds. The number of nitrogens with two attached hydrogens (primary N) is 1. The third kappa shape index (κ3) is 4.18. The second kappa shape index (κ2) is 5.88. The van der Waals surface area contributed by atoms with E-state index in [1.807, 2.05) is 0 Å². The smallest absolute Gasteiger partial charge is 0.255 e. The maximum Gasteiger partial charge on any atom is 0.255 e. The minimum Gasteiger partial charge on any atom is -0.346 e. The van der Waals surface area contributed by atoms with E-state index in [9.17, 15) is 26.4 Å². The van der Waals surface area contributed by atoms with Gasteiger partial charge in [-0.2, -0.15) is 0 Å². The molecule has 10 heteroatoms. The van der Waals surface area contributed by atoms with Crippen LogP contribution in [-0.4, -0.2) is 27.3 Å². The number of carbonyl (C=O) groups is 1. The molecule has 5 nitrogen and oxygen atoms in total. The number of amides is 1. The summed E-state index contributed by atoms with van der Waals surface area (Å²) in [4.78, 5) is 10.6. The fourth-order valence-corrected chi connectivity index (χ4v) is 2.46. The summed E-state index contributed by atoms with van der Waals surface area (Å²) in [7, 11) is -4.38. The number of primary sulfonamides is 1. The fourth-order valence-electron chi connectivity index (χ4n) is 1.20. The highest BCUT2D eigenvalue weighted by atomic mass is 79.9. The lowest BCUT2D eigenvalue weighted by atomic mass is 10.2. The molecule has 19 heavy (non-hydrogen) atoms. The van der Waals surface area contributed by atoms with Crippen LogP contribution in [0.4, 0.5) is 13.2 Å². The molecule has 0 radical (unpaired) electrons. The van der Waals surface area contributed by atoms with Crippen LogP contribution in [0.25, 0.3) is 0 Å². The van der Waals surface area contributed by atoms with Crippen molar-refractivity contribution in [3.8, 4) is 0 Å². The van der Waals surface area contributed by atoms with Crippen LogP contribution in [0.3, 0.4) is 0 Å². The molecule has 1 rings (SSSR count). The van der Waals surface area contributed by atoms with Crippen molar-refractivity contribution in [3.63, 3.8) is 0 Å². The Bertz CT molecular complexity index is 607. The van der Waals surface area contributed by atoms with Crippen molar-refractivity contribution in [2.45, 2.75) is 11.3 Å². The monoisotopic (exact) mass is 360 g/mol. The molecule has 0 saturated carbocycles. The van der Waals surface area contributed by atoms with Gasteiger partial charge in [-0.15, -0.1) is 0 Å². The van der Waals surface area contributed by atoms with Gasteiger partial charge in [0.15, 0.2) is 5.82 Å². The van der Waals surface area contributed by atoms with Crippen LogP contribution >= 0.6 is 15.9 Å². The highest BCUT2D eigenvalue weighted by molar-refractivity contribution is 9.10. The molecule has 1 aromatic carbocycles. The Morgan fingerprint density at radius 1 is 1.42 bits per heavy atom. The van der Waals surface area contributed by atoms with Crippen molar-refractivity contribution in [1.82, 2.24) is 5.32 Å². The third-order valence-corrected chi connectivity index (χ3v) is 3.34. The highest BCUT2D eigenvalue weighted by Gasteiger charge is 2.23. The van der Waals surface area contributed by atoms with E-state index in [0.717, 1.165) is 12.1 Å². The number of nitrogens with one attached hydrogen (secondary N) is 1. The summed E-state index contributed by atoms with van der Waals surface area (Å²) >= 11 is 2.87. The standard InChI is InChI=1S/C9H8BrF3N2O3S/c10-4-1-5(9(16)15-3-7(11)12)8(13)6(2-4)19(14,17)18/h1-2,7H,3H2,(H,15,16)(H2,14,17,18). The maximum atomic E-state index is 13.8. The molecule has 0 aliphatic carbocycles. The number of alkyl halides is 2. The third-order valence-electron chi connectivity index (χ3n) is 1.97. The predicted octanol–water partition coefficient (Wildman–Crippen LogP) is 1.23. The van der Waals surface area contributed by atoms with Crippen LogP contribution in [0.2, 0.25) is 0 Å². The zero-order valence-corrected chi connectivity index (χ0v) is 11.6. The number of carbonyl (C=O) groups excluding carboxylic acids is 1. The molecular weight excluding hydrogens is 353 g/mol. The Balaban J connectivity index is 3.22. The van der Waals surface area contributed by atoms with Crippen molar-refractivity contribution >= 4 is 31.9 Å². The number of halogens is 4. The first-order valence-electron chi connectivity index (χ1n) is 4.71. The van der Waals surface area contributed by atoms with Gasteiger partial charge in [-0.05, 0) is 12.1 Å². The molecule has 0 aliphatic rings. The molecule has 0 spiro atoms. The molecule has 0 fully saturated rings. The van der Waals surface area contributed by atoms with E-state index in [2.05, 4.69) is 15.9 Å². The van der Waals surface area contributed by atoms with Gasteiger partial charge in [0.1, 0.15) is 4.90 Å². The molecule has 3 N–H and O–H groups in total. The molecule has 0 heterocycles. The summed E-state index contributed by atoms with van der Waals surface area (Å²) in [6.45, 7) is -0.977. The van der Waals surface area contributed by atoms with E-state index in [-0.39, 0.29) is 4.47 Å². The molecule has 0 atom stereocenters. The van der Waals surface area contributed by atoms with E-state index >= 15 is 0 Å². The van der Waals surface area contributed by atoms with Crippen LogP contribution in [0.5, 0.6) is 0 Å². The Hall–Kier alpha value is -1.13. The highest BCUT2D eigenvalue weighted by Crippen LogP contribution is 2.23. The van der Waals surface area contributed by atoms with Crippen LogP contribution < -0.4 is 10.5 Å². The number of hydrogen-bond donors (Lipinski definition) is 2. The first-order chi connectivity index (χ1) is 8.62. The molecule has 0 aliphatic heterocycles. The zero-order valence-electron chi connectivity index (χ0n) is 9.16. The van der Waals surface area contributed by atoms with Crippen molar-refractivity contribution in [2.75, 3.05) is 6.54 Å². The molecule has 106 valence electrons. The van der Waals surface area contributed by atoms with Crippen LogP contribution in [0.1, 0.15) is 10.4 Å². The van der Waals surface area contributed by atoms with Gasteiger partial charge < -0.3 is 5.32 Å². The van der Waals surface area contributed by atoms with Crippen LogP contribution in [0.15, 0.2) is 21.5 Å². The number of hydrogen-bond acceptors (Lipinski definition) is 3. The summed E-state index contributed by atoms with van der Waals surface area (Å²) in [6, 6.07) is 1.83. The van der Waals surface area contributed by atoms with E-state index < -0.39 is 45.2 Å². The maximum absolute atomic E-state index is 13.8. The van der Waals surface area contributed by atoms with Gasteiger partial charge in [-0.1, -0.05) is 15.9 Å². The fraction of sp³-hybridized carbons (Fsp3) is 0.222. The average molecular weight is 361 g/mol. The Kier molecular flexibility index (Phi) is 4.93. The van der Waals surface area contributed by atoms with Gasteiger partial charge in [-0.25, -0.2) is 26.7 Å². The molecule has 0 saturated heterocycles. The van der Waals surface area contributed by atoms with Crippen molar-refractivity contribution in [2.24, 2.45) is 5.14 Å². The van der Waals surface area contributed by atoms with Crippen LogP contribution in [-0.2, 0) is 10.0 Å². The summed E-state index contributed by atoms with van der Waals surface area (Å²) < 4.78 is 59.9. The summed E-state index contributed by atoms with van der Waals surface area (Å²) in [5, 5.41) is 6.54. The molecule has 0 bridgehead atoms. The van der Waals surface area contributed by atoms with Gasteiger partial charge in [0.2, 0.25) is 10.0 Å². The normalized spacial score (nSPS) is 11.7. The van der Waals surface area contributed by atoms with Gasteiger partial charge in [0.05, 0.1) is 12.1 Å². The largest absolute Gasteiger partial charge is 0.346 e. The Labute approximate surface area is 115 Å². The van der Waals surface area contributed by atoms with Gasteiger partial charge in [0.25, 0.3) is 12.3 Å². The minimum atomic E-state index is -4.38. The minimum absolute atomic E-state index is 0.0696. The average Bonchev–Trinajstić information content (AvgIpc) is 2.27. The van der Waals surface area contributed by atoms with Gasteiger partial charge in [-0.3, -0.25) is 4.79 Å². The lowest BCUT2D eigenvalue weighted by Crippen LogP contribution is -2.30. The lowest BCUT2D eigenvalue weighted by molar-refractivity contribution is 0.0887. The Morgan fingerprint density at radius 3 is 2.47 bits per heavy atom. The summed E-state index contributed by atoms with van der Waals surface area (Å²) in [5.74, 6) is -2.55. The quantitative estimate of drug-likeness (QED) is 0.846. The van der Waals surface area contributed by atoms with E-state index in [1.165, 1.54) is 0 Å². The zero-order chi connectivity index (χ0) is 14.8. The van der Waals surface area contributed by atoms with E-state index in [4.69, 9.17) is 5.14 Å².